The predicted molar refractivity (Wildman–Crippen MR) is 86.7 cm³/mol. The third-order valence-electron chi connectivity index (χ3n) is 4.19. The number of nitrogens with zero attached hydrogens (tertiary/aromatic N) is 2. The molecule has 7 heteroatoms. The number of aliphatic carboxylic acids is 1. The van der Waals surface area contributed by atoms with Crippen molar-refractivity contribution in [3.8, 4) is 0 Å². The summed E-state index contributed by atoms with van der Waals surface area (Å²) in [6.45, 7) is 9.19. The Hall–Kier alpha value is -1.63. The lowest BCUT2D eigenvalue weighted by Gasteiger charge is -2.38. The lowest BCUT2D eigenvalue weighted by molar-refractivity contribution is -0.153. The summed E-state index contributed by atoms with van der Waals surface area (Å²) in [6, 6.07) is -1.27. The van der Waals surface area contributed by atoms with E-state index in [0.717, 1.165) is 6.42 Å². The molecule has 1 fully saturated rings. The van der Waals surface area contributed by atoms with Gasteiger partial charge in [-0.2, -0.15) is 0 Å². The van der Waals surface area contributed by atoms with Gasteiger partial charge in [0.05, 0.1) is 6.04 Å². The fourth-order valence-corrected chi connectivity index (χ4v) is 2.72. The quantitative estimate of drug-likeness (QED) is 0.772. The first-order chi connectivity index (χ1) is 10.5. The van der Waals surface area contributed by atoms with E-state index < -0.39 is 23.6 Å². The molecule has 23 heavy (non-hydrogen) atoms. The molecule has 132 valence electrons. The van der Waals surface area contributed by atoms with E-state index >= 15 is 0 Å². The number of nitrogens with two attached hydrogens (primary N) is 1. The molecule has 2 amide bonds. The Morgan fingerprint density at radius 2 is 1.87 bits per heavy atom. The highest BCUT2D eigenvalue weighted by molar-refractivity contribution is 5.92. The second-order valence-corrected chi connectivity index (χ2v) is 7.45. The van der Waals surface area contributed by atoms with Crippen LogP contribution < -0.4 is 5.73 Å². The van der Waals surface area contributed by atoms with E-state index in [1.807, 2.05) is 13.8 Å². The molecular weight excluding hydrogens is 298 g/mol. The zero-order valence-electron chi connectivity index (χ0n) is 14.7. The highest BCUT2D eigenvalue weighted by Gasteiger charge is 2.41. The van der Waals surface area contributed by atoms with Gasteiger partial charge in [-0.25, -0.2) is 0 Å². The number of likely N-dealkylation sites (tertiary alicyclic amines) is 1. The highest BCUT2D eigenvalue weighted by Crippen LogP contribution is 2.24. The van der Waals surface area contributed by atoms with Gasteiger partial charge in [-0.15, -0.1) is 0 Å². The maximum atomic E-state index is 12.9. The van der Waals surface area contributed by atoms with Gasteiger partial charge in [0.15, 0.2) is 0 Å². The molecule has 0 saturated carbocycles. The van der Waals surface area contributed by atoms with E-state index in [1.165, 1.54) is 9.80 Å². The lowest BCUT2D eigenvalue weighted by atomic mass is 10.0. The number of amides is 2. The Morgan fingerprint density at radius 1 is 1.30 bits per heavy atom. The molecule has 2 atom stereocenters. The van der Waals surface area contributed by atoms with Crippen molar-refractivity contribution in [3.05, 3.63) is 0 Å². The third kappa shape index (κ3) is 4.67. The number of carboxylic acid groups (broad SMARTS) is 1. The van der Waals surface area contributed by atoms with Crippen LogP contribution in [-0.4, -0.2) is 63.4 Å². The van der Waals surface area contributed by atoms with Crippen LogP contribution in [0.2, 0.25) is 0 Å². The fraction of sp³-hybridized carbons (Fsp3) is 0.812. The summed E-state index contributed by atoms with van der Waals surface area (Å²) >= 11 is 0. The van der Waals surface area contributed by atoms with Crippen molar-refractivity contribution in [2.75, 3.05) is 13.1 Å². The van der Waals surface area contributed by atoms with Crippen LogP contribution in [0.4, 0.5) is 0 Å². The van der Waals surface area contributed by atoms with Gasteiger partial charge in [-0.05, 0) is 39.5 Å². The van der Waals surface area contributed by atoms with Gasteiger partial charge < -0.3 is 20.6 Å². The summed E-state index contributed by atoms with van der Waals surface area (Å²) < 4.78 is 0. The number of carbonyl (C=O) groups is 3. The molecule has 1 rings (SSSR count). The summed E-state index contributed by atoms with van der Waals surface area (Å²) in [7, 11) is 0. The summed E-state index contributed by atoms with van der Waals surface area (Å²) in [6.07, 6.45) is 1.26. The predicted octanol–water partition coefficient (Wildman–Crippen LogP) is 0.672. The first-order valence-electron chi connectivity index (χ1n) is 8.06. The highest BCUT2D eigenvalue weighted by atomic mass is 16.4. The number of rotatable bonds is 5. The molecule has 1 saturated heterocycles. The first-order valence-corrected chi connectivity index (χ1v) is 8.06. The SMILES string of the molecule is CC(C)[C@H](N)C(=O)N1CCC[C@H]1C(=O)N(CC(=O)O)C(C)(C)C. The molecule has 0 unspecified atom stereocenters. The van der Waals surface area contributed by atoms with Crippen molar-refractivity contribution in [1.29, 1.82) is 0 Å². The zero-order valence-corrected chi connectivity index (χ0v) is 14.7. The van der Waals surface area contributed by atoms with Crippen molar-refractivity contribution in [2.45, 2.75) is 65.1 Å². The number of hydrogen-bond donors (Lipinski definition) is 2. The van der Waals surface area contributed by atoms with Crippen molar-refractivity contribution >= 4 is 17.8 Å². The molecular formula is C16H29N3O4. The average Bonchev–Trinajstić information content (AvgIpc) is 2.90. The summed E-state index contributed by atoms with van der Waals surface area (Å²) in [5, 5.41) is 9.08. The van der Waals surface area contributed by atoms with Gasteiger partial charge in [-0.3, -0.25) is 14.4 Å². The second kappa shape index (κ2) is 7.29. The van der Waals surface area contributed by atoms with Gasteiger partial charge in [0.2, 0.25) is 11.8 Å². The average molecular weight is 327 g/mol. The topological polar surface area (TPSA) is 104 Å². The minimum absolute atomic E-state index is 0.0170. The van der Waals surface area contributed by atoms with Crippen LogP contribution in [0.25, 0.3) is 0 Å². The van der Waals surface area contributed by atoms with Crippen LogP contribution >= 0.6 is 0 Å². The van der Waals surface area contributed by atoms with Crippen molar-refractivity contribution in [2.24, 2.45) is 11.7 Å². The summed E-state index contributed by atoms with van der Waals surface area (Å²) in [5.41, 5.74) is 5.30. The molecule has 0 radical (unpaired) electrons. The monoisotopic (exact) mass is 327 g/mol. The lowest BCUT2D eigenvalue weighted by Crippen LogP contribution is -2.57. The van der Waals surface area contributed by atoms with Gasteiger partial charge >= 0.3 is 5.97 Å². The molecule has 0 aromatic rings. The van der Waals surface area contributed by atoms with Crippen molar-refractivity contribution in [3.63, 3.8) is 0 Å². The Balaban J connectivity index is 2.99. The van der Waals surface area contributed by atoms with Crippen LogP contribution in [-0.2, 0) is 14.4 Å². The standard InChI is InChI=1S/C16H29N3O4/c1-10(2)13(17)15(23)18-8-6-7-11(18)14(22)19(9-12(20)21)16(3,4)5/h10-11,13H,6-9,17H2,1-5H3,(H,20,21)/t11-,13-/m0/s1. The minimum Gasteiger partial charge on any atom is -0.480 e. The summed E-state index contributed by atoms with van der Waals surface area (Å²) in [5.74, 6) is -1.64. The van der Waals surface area contributed by atoms with Gasteiger partial charge in [0.25, 0.3) is 0 Å². The molecule has 0 bridgehead atoms. The van der Waals surface area contributed by atoms with Crippen LogP contribution in [0.3, 0.4) is 0 Å². The van der Waals surface area contributed by atoms with E-state index in [4.69, 9.17) is 10.8 Å². The molecule has 3 N–H and O–H groups in total. The third-order valence-corrected chi connectivity index (χ3v) is 4.19. The van der Waals surface area contributed by atoms with Gasteiger partial charge in [0, 0.05) is 12.1 Å². The minimum atomic E-state index is -1.07. The molecule has 1 aliphatic rings. The van der Waals surface area contributed by atoms with E-state index in [9.17, 15) is 14.4 Å². The van der Waals surface area contributed by atoms with E-state index in [-0.39, 0.29) is 24.3 Å². The number of carboxylic acids is 1. The van der Waals surface area contributed by atoms with E-state index in [2.05, 4.69) is 0 Å². The number of carbonyl (C=O) groups excluding carboxylic acids is 2. The van der Waals surface area contributed by atoms with Gasteiger partial charge in [-0.1, -0.05) is 13.8 Å². The molecule has 0 aromatic carbocycles. The zero-order chi connectivity index (χ0) is 17.9. The van der Waals surface area contributed by atoms with E-state index in [0.29, 0.717) is 13.0 Å². The second-order valence-electron chi connectivity index (χ2n) is 7.45. The Kier molecular flexibility index (Phi) is 6.16. The molecule has 0 aromatic heterocycles. The molecule has 7 nitrogen and oxygen atoms in total. The van der Waals surface area contributed by atoms with Crippen LogP contribution in [0.5, 0.6) is 0 Å². The normalized spacial score (nSPS) is 19.8. The van der Waals surface area contributed by atoms with E-state index in [1.54, 1.807) is 20.8 Å². The first kappa shape index (κ1) is 19.4. The molecule has 1 heterocycles. The van der Waals surface area contributed by atoms with Crippen molar-refractivity contribution in [1.82, 2.24) is 9.80 Å². The van der Waals surface area contributed by atoms with Crippen LogP contribution in [0.15, 0.2) is 0 Å². The maximum absolute atomic E-state index is 12.9. The Morgan fingerprint density at radius 3 is 2.30 bits per heavy atom. The van der Waals surface area contributed by atoms with Crippen LogP contribution in [0, 0.1) is 5.92 Å². The molecule has 1 aliphatic heterocycles. The molecule has 0 spiro atoms. The van der Waals surface area contributed by atoms with Crippen molar-refractivity contribution < 1.29 is 19.5 Å². The number of hydrogen-bond acceptors (Lipinski definition) is 4. The Labute approximate surface area is 137 Å². The Bertz CT molecular complexity index is 470. The van der Waals surface area contributed by atoms with Gasteiger partial charge in [0.1, 0.15) is 12.6 Å². The van der Waals surface area contributed by atoms with Crippen LogP contribution in [0.1, 0.15) is 47.5 Å². The summed E-state index contributed by atoms with van der Waals surface area (Å²) in [4.78, 5) is 39.3. The smallest absolute Gasteiger partial charge is 0.323 e. The maximum Gasteiger partial charge on any atom is 0.323 e. The fourth-order valence-electron chi connectivity index (χ4n) is 2.72. The molecule has 0 aliphatic carbocycles. The largest absolute Gasteiger partial charge is 0.480 e.